The molecule has 0 unspecified atom stereocenters. The summed E-state index contributed by atoms with van der Waals surface area (Å²) in [5.41, 5.74) is 0.314. The molecule has 118 valence electrons. The number of amides is 2. The molecule has 0 aliphatic carbocycles. The Kier molecular flexibility index (Phi) is 5.03. The number of nitrogens with one attached hydrogen (secondary N) is 1. The van der Waals surface area contributed by atoms with E-state index in [2.05, 4.69) is 35.6 Å². The van der Waals surface area contributed by atoms with Crippen molar-refractivity contribution in [2.24, 2.45) is 0 Å². The molecule has 0 bridgehead atoms. The topological polar surface area (TPSA) is 52.6 Å². The molecule has 0 aromatic heterocycles. The number of carbonyl (C=O) groups excluding carboxylic acids is 1. The van der Waals surface area contributed by atoms with Crippen molar-refractivity contribution in [2.75, 3.05) is 20.1 Å². The number of likely N-dealkylation sites (N-methyl/N-ethyl adjacent to an activating group) is 1. The van der Waals surface area contributed by atoms with Gasteiger partial charge in [-0.25, -0.2) is 4.79 Å². The van der Waals surface area contributed by atoms with E-state index in [9.17, 15) is 9.90 Å². The van der Waals surface area contributed by atoms with Crippen LogP contribution in [0.25, 0.3) is 10.8 Å². The van der Waals surface area contributed by atoms with Gasteiger partial charge in [-0.2, -0.15) is 0 Å². The fourth-order valence-corrected chi connectivity index (χ4v) is 2.50. The average molecular weight is 300 g/mol. The van der Waals surface area contributed by atoms with E-state index in [0.717, 1.165) is 6.42 Å². The number of rotatable bonds is 5. The number of carbonyl (C=O) groups is 1. The number of benzene rings is 2. The maximum Gasteiger partial charge on any atom is 0.317 e. The van der Waals surface area contributed by atoms with Crippen molar-refractivity contribution in [2.45, 2.75) is 25.9 Å². The molecule has 2 aromatic rings. The van der Waals surface area contributed by atoms with Crippen LogP contribution in [0, 0.1) is 0 Å². The lowest BCUT2D eigenvalue weighted by Gasteiger charge is -2.25. The molecule has 0 radical (unpaired) electrons. The van der Waals surface area contributed by atoms with Crippen molar-refractivity contribution < 1.29 is 9.90 Å². The smallest absolute Gasteiger partial charge is 0.317 e. The molecule has 0 aliphatic heterocycles. The number of hydrogen-bond donors (Lipinski definition) is 2. The maximum absolute atomic E-state index is 11.9. The first-order chi connectivity index (χ1) is 10.3. The summed E-state index contributed by atoms with van der Waals surface area (Å²) < 4.78 is 0. The Labute approximate surface area is 131 Å². The van der Waals surface area contributed by atoms with Crippen molar-refractivity contribution in [1.82, 2.24) is 10.2 Å². The van der Waals surface area contributed by atoms with E-state index >= 15 is 0 Å². The molecule has 2 rings (SSSR count). The maximum atomic E-state index is 11.9. The van der Waals surface area contributed by atoms with Crippen LogP contribution in [-0.2, 0) is 6.42 Å². The van der Waals surface area contributed by atoms with Crippen LogP contribution < -0.4 is 5.32 Å². The van der Waals surface area contributed by atoms with Crippen molar-refractivity contribution in [3.8, 4) is 0 Å². The highest BCUT2D eigenvalue weighted by atomic mass is 16.3. The Bertz CT molecular complexity index is 647. The van der Waals surface area contributed by atoms with Gasteiger partial charge in [0.15, 0.2) is 0 Å². The lowest BCUT2D eigenvalue weighted by atomic mass is 10.1. The van der Waals surface area contributed by atoms with Crippen LogP contribution >= 0.6 is 0 Å². The molecule has 22 heavy (non-hydrogen) atoms. The van der Waals surface area contributed by atoms with E-state index in [4.69, 9.17) is 0 Å². The van der Waals surface area contributed by atoms with Crippen molar-refractivity contribution >= 4 is 16.8 Å². The van der Waals surface area contributed by atoms with Gasteiger partial charge in [0, 0.05) is 13.6 Å². The van der Waals surface area contributed by atoms with Crippen LogP contribution in [-0.4, -0.2) is 41.8 Å². The highest BCUT2D eigenvalue weighted by molar-refractivity contribution is 5.83. The predicted octanol–water partition coefficient (Wildman–Crippen LogP) is 2.79. The standard InChI is InChI=1S/C18H24N2O2/c1-18(2,22)13-20(3)17(21)19-11-10-14-8-9-15-6-4-5-7-16(15)12-14/h4-9,12,22H,10-11,13H2,1-3H3,(H,19,21). The fourth-order valence-electron chi connectivity index (χ4n) is 2.50. The van der Waals surface area contributed by atoms with E-state index in [1.807, 2.05) is 12.1 Å². The van der Waals surface area contributed by atoms with Crippen LogP contribution in [0.4, 0.5) is 4.79 Å². The fraction of sp³-hybridized carbons (Fsp3) is 0.389. The minimum absolute atomic E-state index is 0.164. The zero-order valence-corrected chi connectivity index (χ0v) is 13.5. The van der Waals surface area contributed by atoms with E-state index in [1.54, 1.807) is 20.9 Å². The SMILES string of the molecule is CN(CC(C)(C)O)C(=O)NCCc1ccc2ccccc2c1. The molecule has 0 saturated carbocycles. The summed E-state index contributed by atoms with van der Waals surface area (Å²) in [6, 6.07) is 14.4. The molecule has 2 amide bonds. The van der Waals surface area contributed by atoms with Gasteiger partial charge in [-0.15, -0.1) is 0 Å². The summed E-state index contributed by atoms with van der Waals surface area (Å²) in [5.74, 6) is 0. The summed E-state index contributed by atoms with van der Waals surface area (Å²) in [6.07, 6.45) is 0.785. The number of hydrogen-bond acceptors (Lipinski definition) is 2. The van der Waals surface area contributed by atoms with E-state index in [0.29, 0.717) is 13.1 Å². The Hall–Kier alpha value is -2.07. The summed E-state index contributed by atoms with van der Waals surface area (Å²) >= 11 is 0. The molecule has 4 heteroatoms. The molecule has 0 atom stereocenters. The molecule has 0 heterocycles. The lowest BCUT2D eigenvalue weighted by molar-refractivity contribution is 0.0532. The summed E-state index contributed by atoms with van der Waals surface area (Å²) in [6.45, 7) is 4.25. The van der Waals surface area contributed by atoms with Gasteiger partial charge >= 0.3 is 6.03 Å². The Morgan fingerprint density at radius 3 is 2.55 bits per heavy atom. The average Bonchev–Trinajstić information content (AvgIpc) is 2.45. The monoisotopic (exact) mass is 300 g/mol. The van der Waals surface area contributed by atoms with Gasteiger partial charge < -0.3 is 15.3 Å². The van der Waals surface area contributed by atoms with Crippen LogP contribution in [0.5, 0.6) is 0 Å². The number of aliphatic hydroxyl groups is 1. The third kappa shape index (κ3) is 4.74. The van der Waals surface area contributed by atoms with Gasteiger partial charge in [-0.1, -0.05) is 42.5 Å². The molecule has 0 aliphatic rings. The van der Waals surface area contributed by atoms with Crippen molar-refractivity contribution in [3.05, 3.63) is 48.0 Å². The van der Waals surface area contributed by atoms with Crippen molar-refractivity contribution in [1.29, 1.82) is 0 Å². The molecular formula is C18H24N2O2. The Balaban J connectivity index is 1.85. The molecule has 2 N–H and O–H groups in total. The minimum Gasteiger partial charge on any atom is -0.389 e. The highest BCUT2D eigenvalue weighted by Gasteiger charge is 2.18. The molecule has 4 nitrogen and oxygen atoms in total. The number of urea groups is 1. The van der Waals surface area contributed by atoms with Gasteiger partial charge in [0.25, 0.3) is 0 Å². The van der Waals surface area contributed by atoms with Crippen LogP contribution in [0.15, 0.2) is 42.5 Å². The Morgan fingerprint density at radius 1 is 1.18 bits per heavy atom. The summed E-state index contributed by atoms with van der Waals surface area (Å²) in [7, 11) is 1.68. The normalized spacial score (nSPS) is 11.5. The molecular weight excluding hydrogens is 276 g/mol. The first kappa shape index (κ1) is 16.3. The number of nitrogens with zero attached hydrogens (tertiary/aromatic N) is 1. The second-order valence-corrected chi connectivity index (χ2v) is 6.33. The molecule has 0 spiro atoms. The zero-order valence-electron chi connectivity index (χ0n) is 13.5. The van der Waals surface area contributed by atoms with Gasteiger partial charge in [-0.3, -0.25) is 0 Å². The minimum atomic E-state index is -0.884. The molecule has 2 aromatic carbocycles. The van der Waals surface area contributed by atoms with Gasteiger partial charge in [-0.05, 0) is 36.6 Å². The van der Waals surface area contributed by atoms with E-state index in [-0.39, 0.29) is 6.03 Å². The molecule has 0 saturated heterocycles. The lowest BCUT2D eigenvalue weighted by Crippen LogP contribution is -2.45. The van der Waals surface area contributed by atoms with Crippen LogP contribution in [0.2, 0.25) is 0 Å². The van der Waals surface area contributed by atoms with Gasteiger partial charge in [0.2, 0.25) is 0 Å². The summed E-state index contributed by atoms with van der Waals surface area (Å²) in [4.78, 5) is 13.4. The summed E-state index contributed by atoms with van der Waals surface area (Å²) in [5, 5.41) is 15.0. The van der Waals surface area contributed by atoms with E-state index < -0.39 is 5.60 Å². The third-order valence-electron chi connectivity index (χ3n) is 3.47. The molecule has 0 fully saturated rings. The second-order valence-electron chi connectivity index (χ2n) is 6.33. The predicted molar refractivity (Wildman–Crippen MR) is 90.0 cm³/mol. The Morgan fingerprint density at radius 2 is 1.86 bits per heavy atom. The van der Waals surface area contributed by atoms with Gasteiger partial charge in [0.1, 0.15) is 0 Å². The largest absolute Gasteiger partial charge is 0.389 e. The number of fused-ring (bicyclic) bond motifs is 1. The van der Waals surface area contributed by atoms with Crippen molar-refractivity contribution in [3.63, 3.8) is 0 Å². The second kappa shape index (κ2) is 6.79. The highest BCUT2D eigenvalue weighted by Crippen LogP contribution is 2.15. The van der Waals surface area contributed by atoms with Gasteiger partial charge in [0.05, 0.1) is 12.1 Å². The van der Waals surface area contributed by atoms with E-state index in [1.165, 1.54) is 21.2 Å². The van der Waals surface area contributed by atoms with Crippen LogP contribution in [0.1, 0.15) is 19.4 Å². The zero-order chi connectivity index (χ0) is 16.2. The first-order valence-corrected chi connectivity index (χ1v) is 7.54. The quantitative estimate of drug-likeness (QED) is 0.892. The third-order valence-corrected chi connectivity index (χ3v) is 3.47. The van der Waals surface area contributed by atoms with Crippen LogP contribution in [0.3, 0.4) is 0 Å². The first-order valence-electron chi connectivity index (χ1n) is 7.54.